The number of carbonyl (C=O) groups is 1. The number of rotatable bonds is 5. The lowest BCUT2D eigenvalue weighted by molar-refractivity contribution is 0.0741. The molecule has 4 rings (SSSR count). The first-order valence-electron chi connectivity index (χ1n) is 9.69. The fourth-order valence-electron chi connectivity index (χ4n) is 3.59. The summed E-state index contributed by atoms with van der Waals surface area (Å²) < 4.78 is 1.88. The second kappa shape index (κ2) is 7.93. The summed E-state index contributed by atoms with van der Waals surface area (Å²) in [4.78, 5) is 34.1. The average Bonchev–Trinajstić information content (AvgIpc) is 3.22. The predicted molar refractivity (Wildman–Crippen MR) is 106 cm³/mol. The first kappa shape index (κ1) is 18.4. The van der Waals surface area contributed by atoms with Crippen LogP contribution in [0.15, 0.2) is 41.3 Å². The van der Waals surface area contributed by atoms with Crippen LogP contribution >= 0.6 is 0 Å². The Kier molecular flexibility index (Phi) is 5.21. The molecule has 0 aliphatic carbocycles. The van der Waals surface area contributed by atoms with Crippen molar-refractivity contribution in [2.24, 2.45) is 0 Å². The summed E-state index contributed by atoms with van der Waals surface area (Å²) in [5.41, 5.74) is 0.840. The number of carbonyl (C=O) groups excluding carboxylic acids is 1. The van der Waals surface area contributed by atoms with E-state index in [1.54, 1.807) is 29.2 Å². The molecule has 146 valence electrons. The number of amides is 1. The van der Waals surface area contributed by atoms with E-state index >= 15 is 0 Å². The zero-order chi connectivity index (χ0) is 19.5. The van der Waals surface area contributed by atoms with Gasteiger partial charge < -0.3 is 15.2 Å². The van der Waals surface area contributed by atoms with Gasteiger partial charge in [-0.05, 0) is 44.5 Å². The lowest BCUT2D eigenvalue weighted by Gasteiger charge is -2.23. The second-order valence-electron chi connectivity index (χ2n) is 7.03. The van der Waals surface area contributed by atoms with Gasteiger partial charge in [0.15, 0.2) is 0 Å². The summed E-state index contributed by atoms with van der Waals surface area (Å²) >= 11 is 0. The molecule has 0 bridgehead atoms. The van der Waals surface area contributed by atoms with Gasteiger partial charge in [0.2, 0.25) is 0 Å². The van der Waals surface area contributed by atoms with Gasteiger partial charge in [-0.2, -0.15) is 5.10 Å². The molecule has 0 saturated carbocycles. The van der Waals surface area contributed by atoms with Crippen LogP contribution in [0, 0.1) is 0 Å². The maximum atomic E-state index is 12.9. The van der Waals surface area contributed by atoms with E-state index in [-0.39, 0.29) is 24.1 Å². The van der Waals surface area contributed by atoms with E-state index in [1.165, 1.54) is 0 Å². The quantitative estimate of drug-likeness (QED) is 0.702. The highest BCUT2D eigenvalue weighted by Crippen LogP contribution is 2.16. The fraction of sp³-hybridized carbons (Fsp3) is 0.400. The van der Waals surface area contributed by atoms with Crippen molar-refractivity contribution in [3.63, 3.8) is 0 Å². The van der Waals surface area contributed by atoms with Crippen LogP contribution in [-0.4, -0.2) is 50.2 Å². The number of para-hydroxylation sites is 1. The van der Waals surface area contributed by atoms with Gasteiger partial charge in [0.05, 0.1) is 23.5 Å². The minimum atomic E-state index is -0.196. The number of nitrogens with zero attached hydrogens (tertiary/aromatic N) is 4. The molecule has 3 aromatic rings. The number of nitrogens with one attached hydrogen (secondary N) is 2. The van der Waals surface area contributed by atoms with Crippen molar-refractivity contribution in [1.82, 2.24) is 30.0 Å². The van der Waals surface area contributed by atoms with Gasteiger partial charge in [0, 0.05) is 19.3 Å². The number of aromatic nitrogens is 4. The van der Waals surface area contributed by atoms with Crippen LogP contribution in [0.1, 0.15) is 42.1 Å². The molecule has 1 unspecified atom stereocenters. The lowest BCUT2D eigenvalue weighted by atomic mass is 10.1. The predicted octanol–water partition coefficient (Wildman–Crippen LogP) is 1.71. The van der Waals surface area contributed by atoms with Gasteiger partial charge in [-0.3, -0.25) is 14.3 Å². The Morgan fingerprint density at radius 3 is 2.96 bits per heavy atom. The Balaban J connectivity index is 1.53. The molecule has 1 amide bonds. The largest absolute Gasteiger partial charge is 0.330 e. The van der Waals surface area contributed by atoms with Crippen molar-refractivity contribution >= 4 is 16.8 Å². The third kappa shape index (κ3) is 3.68. The summed E-state index contributed by atoms with van der Waals surface area (Å²) in [6.45, 7) is 4.53. The van der Waals surface area contributed by atoms with Crippen molar-refractivity contribution < 1.29 is 4.79 Å². The molecule has 8 heteroatoms. The highest BCUT2D eigenvalue weighted by Gasteiger charge is 2.21. The minimum absolute atomic E-state index is 0.166. The Morgan fingerprint density at radius 1 is 1.32 bits per heavy atom. The molecule has 3 heterocycles. The topological polar surface area (TPSA) is 95.9 Å². The summed E-state index contributed by atoms with van der Waals surface area (Å²) in [5, 5.41) is 8.41. The normalized spacial score (nSPS) is 17.0. The number of benzene rings is 1. The number of hydrogen-bond donors (Lipinski definition) is 2. The SMILES string of the molecule is CCN(Cc1nc2ccccc2c(=O)[nH]1)C(=O)c1ccn(C2CCCNC2)n1. The lowest BCUT2D eigenvalue weighted by Crippen LogP contribution is -2.33. The van der Waals surface area contributed by atoms with Gasteiger partial charge in [-0.1, -0.05) is 12.1 Å². The van der Waals surface area contributed by atoms with E-state index in [2.05, 4.69) is 20.4 Å². The van der Waals surface area contributed by atoms with Crippen molar-refractivity contribution in [1.29, 1.82) is 0 Å². The number of piperidine rings is 1. The van der Waals surface area contributed by atoms with E-state index in [9.17, 15) is 9.59 Å². The number of H-pyrrole nitrogens is 1. The van der Waals surface area contributed by atoms with E-state index in [4.69, 9.17) is 0 Å². The summed E-state index contributed by atoms with van der Waals surface area (Å²) in [6.07, 6.45) is 4.03. The zero-order valence-corrected chi connectivity index (χ0v) is 15.9. The maximum Gasteiger partial charge on any atom is 0.274 e. The third-order valence-electron chi connectivity index (χ3n) is 5.14. The molecule has 28 heavy (non-hydrogen) atoms. The van der Waals surface area contributed by atoms with E-state index in [0.717, 1.165) is 25.9 Å². The molecule has 1 aromatic carbocycles. The first-order chi connectivity index (χ1) is 13.7. The molecular weight excluding hydrogens is 356 g/mol. The summed E-state index contributed by atoms with van der Waals surface area (Å²) in [5.74, 6) is 0.302. The third-order valence-corrected chi connectivity index (χ3v) is 5.14. The number of aromatic amines is 1. The minimum Gasteiger partial charge on any atom is -0.330 e. The van der Waals surface area contributed by atoms with Gasteiger partial charge in [0.25, 0.3) is 11.5 Å². The molecule has 2 N–H and O–H groups in total. The Bertz CT molecular complexity index is 1030. The first-order valence-corrected chi connectivity index (χ1v) is 9.69. The van der Waals surface area contributed by atoms with Crippen LogP contribution in [0.3, 0.4) is 0 Å². The van der Waals surface area contributed by atoms with Crippen LogP contribution in [-0.2, 0) is 6.54 Å². The summed E-state index contributed by atoms with van der Waals surface area (Å²) in [7, 11) is 0. The molecular formula is C20H24N6O2. The van der Waals surface area contributed by atoms with Crippen LogP contribution in [0.2, 0.25) is 0 Å². The Hall–Kier alpha value is -3.00. The highest BCUT2D eigenvalue weighted by atomic mass is 16.2. The van der Waals surface area contributed by atoms with Gasteiger partial charge in [-0.15, -0.1) is 0 Å². The van der Waals surface area contributed by atoms with E-state index < -0.39 is 0 Å². The van der Waals surface area contributed by atoms with Gasteiger partial charge >= 0.3 is 0 Å². The van der Waals surface area contributed by atoms with Crippen molar-refractivity contribution in [2.75, 3.05) is 19.6 Å². The molecule has 1 fully saturated rings. The number of hydrogen-bond acceptors (Lipinski definition) is 5. The zero-order valence-electron chi connectivity index (χ0n) is 15.9. The molecule has 0 spiro atoms. The van der Waals surface area contributed by atoms with Crippen molar-refractivity contribution in [2.45, 2.75) is 32.4 Å². The van der Waals surface area contributed by atoms with Crippen LogP contribution in [0.4, 0.5) is 0 Å². The molecule has 1 aliphatic heterocycles. The van der Waals surface area contributed by atoms with E-state index in [1.807, 2.05) is 23.9 Å². The fourth-order valence-corrected chi connectivity index (χ4v) is 3.59. The van der Waals surface area contributed by atoms with Crippen molar-refractivity contribution in [3.8, 4) is 0 Å². The van der Waals surface area contributed by atoms with Crippen molar-refractivity contribution in [3.05, 3.63) is 58.4 Å². The van der Waals surface area contributed by atoms with Crippen LogP contribution in [0.5, 0.6) is 0 Å². The van der Waals surface area contributed by atoms with Gasteiger partial charge in [-0.25, -0.2) is 4.98 Å². The van der Waals surface area contributed by atoms with Crippen LogP contribution in [0.25, 0.3) is 10.9 Å². The number of fused-ring (bicyclic) bond motifs is 1. The average molecular weight is 380 g/mol. The Labute approximate surface area is 162 Å². The highest BCUT2D eigenvalue weighted by molar-refractivity contribution is 5.92. The molecule has 8 nitrogen and oxygen atoms in total. The van der Waals surface area contributed by atoms with E-state index in [0.29, 0.717) is 29.0 Å². The molecule has 1 aliphatic rings. The molecule has 0 radical (unpaired) electrons. The molecule has 2 aromatic heterocycles. The molecule has 1 saturated heterocycles. The smallest absolute Gasteiger partial charge is 0.274 e. The monoisotopic (exact) mass is 380 g/mol. The standard InChI is InChI=1S/C20H24N6O2/c1-2-25(13-18-22-16-8-4-3-7-15(16)19(27)23-18)20(28)17-9-11-26(24-17)14-6-5-10-21-12-14/h3-4,7-9,11,14,21H,2,5-6,10,12-13H2,1H3,(H,22,23,27). The maximum absolute atomic E-state index is 12.9. The Morgan fingerprint density at radius 2 is 2.18 bits per heavy atom. The second-order valence-corrected chi connectivity index (χ2v) is 7.03. The van der Waals surface area contributed by atoms with Gasteiger partial charge in [0.1, 0.15) is 11.5 Å². The molecule has 1 atom stereocenters. The van der Waals surface area contributed by atoms with Crippen LogP contribution < -0.4 is 10.9 Å². The summed E-state index contributed by atoms with van der Waals surface area (Å²) in [6, 6.07) is 9.22.